The Morgan fingerprint density at radius 3 is 2.46 bits per heavy atom. The van der Waals surface area contributed by atoms with Crippen molar-refractivity contribution in [2.45, 2.75) is 18.9 Å². The zero-order valence-electron chi connectivity index (χ0n) is 7.20. The molecule has 0 saturated heterocycles. The van der Waals surface area contributed by atoms with Gasteiger partial charge >= 0.3 is 0 Å². The number of aliphatic hydroxyl groups is 1. The summed E-state index contributed by atoms with van der Waals surface area (Å²) in [5.74, 6) is -0.220. The lowest BCUT2D eigenvalue weighted by Crippen LogP contribution is -1.93. The van der Waals surface area contributed by atoms with Crippen LogP contribution in [0.2, 0.25) is 0 Å². The van der Waals surface area contributed by atoms with Crippen molar-refractivity contribution in [3.8, 4) is 0 Å². The van der Waals surface area contributed by atoms with Gasteiger partial charge in [-0.2, -0.15) is 0 Å². The van der Waals surface area contributed by atoms with Crippen molar-refractivity contribution < 1.29 is 9.50 Å². The first-order valence-corrected chi connectivity index (χ1v) is 4.40. The van der Waals surface area contributed by atoms with Gasteiger partial charge in [-0.1, -0.05) is 18.2 Å². The first kappa shape index (κ1) is 8.45. The largest absolute Gasteiger partial charge is 0.389 e. The minimum absolute atomic E-state index is 0.220. The van der Waals surface area contributed by atoms with E-state index in [0.29, 0.717) is 0 Å². The van der Waals surface area contributed by atoms with Gasteiger partial charge in [0.05, 0.1) is 6.10 Å². The third-order valence-electron chi connectivity index (χ3n) is 2.32. The van der Waals surface area contributed by atoms with Crippen LogP contribution in [0.1, 0.15) is 18.4 Å². The molecular weight excluding hydrogens is 167 g/mol. The molecule has 1 unspecified atom stereocenters. The van der Waals surface area contributed by atoms with E-state index in [0.717, 1.165) is 24.0 Å². The molecule has 1 aliphatic rings. The lowest BCUT2D eigenvalue weighted by atomic mass is 10.1. The lowest BCUT2D eigenvalue weighted by Gasteiger charge is -2.00. The van der Waals surface area contributed by atoms with Crippen LogP contribution in [0, 0.1) is 5.82 Å². The molecule has 0 radical (unpaired) electrons. The Morgan fingerprint density at radius 2 is 1.92 bits per heavy atom. The second-order valence-electron chi connectivity index (χ2n) is 3.30. The highest BCUT2D eigenvalue weighted by molar-refractivity contribution is 5.67. The highest BCUT2D eigenvalue weighted by Gasteiger charge is 2.13. The van der Waals surface area contributed by atoms with Crippen molar-refractivity contribution >= 4 is 5.57 Å². The molecule has 0 spiro atoms. The number of benzene rings is 1. The van der Waals surface area contributed by atoms with Crippen LogP contribution >= 0.6 is 0 Å². The average Bonchev–Trinajstić information content (AvgIpc) is 2.53. The molecule has 1 atom stereocenters. The summed E-state index contributed by atoms with van der Waals surface area (Å²) in [6.45, 7) is 0. The minimum atomic E-state index is -0.319. The predicted molar refractivity (Wildman–Crippen MR) is 49.6 cm³/mol. The molecule has 1 N–H and O–H groups in total. The first-order valence-electron chi connectivity index (χ1n) is 4.40. The number of halogens is 1. The molecule has 0 aromatic heterocycles. The molecule has 2 rings (SSSR count). The third-order valence-corrected chi connectivity index (χ3v) is 2.32. The van der Waals surface area contributed by atoms with E-state index in [1.165, 1.54) is 12.1 Å². The second kappa shape index (κ2) is 3.30. The van der Waals surface area contributed by atoms with Crippen molar-refractivity contribution in [2.24, 2.45) is 0 Å². The summed E-state index contributed by atoms with van der Waals surface area (Å²) in [7, 11) is 0. The molecule has 0 heterocycles. The second-order valence-corrected chi connectivity index (χ2v) is 3.30. The van der Waals surface area contributed by atoms with Gasteiger partial charge < -0.3 is 5.11 Å². The standard InChI is InChI=1S/C11H11FO/c12-10-4-1-8(2-5-10)9-3-6-11(13)7-9/h1-2,4-5,7,11,13H,3,6H2. The predicted octanol–water partition coefficient (Wildman–Crippen LogP) is 2.36. The summed E-state index contributed by atoms with van der Waals surface area (Å²) in [4.78, 5) is 0. The Bertz CT molecular complexity index is 326. The summed E-state index contributed by atoms with van der Waals surface area (Å²) in [6, 6.07) is 6.39. The molecule has 1 aromatic rings. The molecule has 68 valence electrons. The zero-order chi connectivity index (χ0) is 9.26. The molecule has 2 heteroatoms. The van der Waals surface area contributed by atoms with Crippen LogP contribution in [-0.2, 0) is 0 Å². The molecule has 1 aromatic carbocycles. The van der Waals surface area contributed by atoms with E-state index in [1.54, 1.807) is 12.1 Å². The lowest BCUT2D eigenvalue weighted by molar-refractivity contribution is 0.223. The van der Waals surface area contributed by atoms with Crippen molar-refractivity contribution in [1.29, 1.82) is 0 Å². The van der Waals surface area contributed by atoms with Crippen molar-refractivity contribution in [3.05, 3.63) is 41.7 Å². The van der Waals surface area contributed by atoms with Crippen LogP contribution < -0.4 is 0 Å². The summed E-state index contributed by atoms with van der Waals surface area (Å²) >= 11 is 0. The van der Waals surface area contributed by atoms with Gasteiger partial charge in [-0.3, -0.25) is 0 Å². The van der Waals surface area contributed by atoms with Crippen LogP contribution in [0.25, 0.3) is 5.57 Å². The fraction of sp³-hybridized carbons (Fsp3) is 0.273. The Kier molecular flexibility index (Phi) is 2.15. The highest BCUT2D eigenvalue weighted by atomic mass is 19.1. The van der Waals surface area contributed by atoms with Gasteiger partial charge in [0, 0.05) is 0 Å². The Balaban J connectivity index is 2.26. The maximum Gasteiger partial charge on any atom is 0.123 e. The molecule has 13 heavy (non-hydrogen) atoms. The molecule has 1 nitrogen and oxygen atoms in total. The highest BCUT2D eigenvalue weighted by Crippen LogP contribution is 2.27. The summed E-state index contributed by atoms with van der Waals surface area (Å²) in [5, 5.41) is 9.27. The summed E-state index contributed by atoms with van der Waals surface area (Å²) in [6.07, 6.45) is 3.19. The number of rotatable bonds is 1. The third kappa shape index (κ3) is 1.78. The van der Waals surface area contributed by atoms with Crippen LogP contribution in [0.4, 0.5) is 4.39 Å². The number of allylic oxidation sites excluding steroid dienone is 1. The van der Waals surface area contributed by atoms with E-state index in [2.05, 4.69) is 0 Å². The molecule has 0 saturated carbocycles. The van der Waals surface area contributed by atoms with Crippen molar-refractivity contribution in [1.82, 2.24) is 0 Å². The first-order chi connectivity index (χ1) is 6.25. The Morgan fingerprint density at radius 1 is 1.23 bits per heavy atom. The van der Waals surface area contributed by atoms with Crippen LogP contribution in [-0.4, -0.2) is 11.2 Å². The molecule has 0 fully saturated rings. The minimum Gasteiger partial charge on any atom is -0.389 e. The van der Waals surface area contributed by atoms with Crippen LogP contribution in [0.15, 0.2) is 30.3 Å². The monoisotopic (exact) mass is 178 g/mol. The van der Waals surface area contributed by atoms with Gasteiger partial charge in [-0.15, -0.1) is 0 Å². The van der Waals surface area contributed by atoms with Gasteiger partial charge in [-0.05, 0) is 36.1 Å². The topological polar surface area (TPSA) is 20.2 Å². The molecule has 0 amide bonds. The van der Waals surface area contributed by atoms with E-state index >= 15 is 0 Å². The van der Waals surface area contributed by atoms with Gasteiger partial charge in [0.2, 0.25) is 0 Å². The molecule has 0 bridgehead atoms. The number of aliphatic hydroxyl groups excluding tert-OH is 1. The van der Waals surface area contributed by atoms with Gasteiger partial charge in [-0.25, -0.2) is 4.39 Å². The van der Waals surface area contributed by atoms with Gasteiger partial charge in [0.25, 0.3) is 0 Å². The Hall–Kier alpha value is -1.15. The normalized spacial score (nSPS) is 21.7. The van der Waals surface area contributed by atoms with E-state index in [4.69, 9.17) is 0 Å². The molecule has 1 aliphatic carbocycles. The maximum atomic E-state index is 12.6. The van der Waals surface area contributed by atoms with Crippen molar-refractivity contribution in [3.63, 3.8) is 0 Å². The zero-order valence-corrected chi connectivity index (χ0v) is 7.20. The van der Waals surface area contributed by atoms with E-state index in [9.17, 15) is 9.50 Å². The van der Waals surface area contributed by atoms with Gasteiger partial charge in [0.1, 0.15) is 5.82 Å². The van der Waals surface area contributed by atoms with Crippen LogP contribution in [0.5, 0.6) is 0 Å². The quantitative estimate of drug-likeness (QED) is 0.700. The molecule has 0 aliphatic heterocycles. The van der Waals surface area contributed by atoms with Crippen molar-refractivity contribution in [2.75, 3.05) is 0 Å². The Labute approximate surface area is 76.5 Å². The van der Waals surface area contributed by atoms with E-state index in [1.807, 2.05) is 6.08 Å². The maximum absolute atomic E-state index is 12.6. The smallest absolute Gasteiger partial charge is 0.123 e. The summed E-state index contributed by atoms with van der Waals surface area (Å²) < 4.78 is 12.6. The van der Waals surface area contributed by atoms with Gasteiger partial charge in [0.15, 0.2) is 0 Å². The number of hydrogen-bond donors (Lipinski definition) is 1. The fourth-order valence-electron chi connectivity index (χ4n) is 1.61. The summed E-state index contributed by atoms with van der Waals surface area (Å²) in [5.41, 5.74) is 2.13. The fourth-order valence-corrected chi connectivity index (χ4v) is 1.61. The molecular formula is C11H11FO. The SMILES string of the molecule is OC1C=C(c2ccc(F)cc2)CC1. The average molecular weight is 178 g/mol. The van der Waals surface area contributed by atoms with E-state index in [-0.39, 0.29) is 11.9 Å². The van der Waals surface area contributed by atoms with Crippen LogP contribution in [0.3, 0.4) is 0 Å². The number of hydrogen-bond acceptors (Lipinski definition) is 1. The van der Waals surface area contributed by atoms with E-state index < -0.39 is 0 Å².